The first-order valence-corrected chi connectivity index (χ1v) is 14.4. The zero-order valence-corrected chi connectivity index (χ0v) is 21.8. The van der Waals surface area contributed by atoms with Crippen LogP contribution in [0.15, 0.2) is 70.9 Å². The predicted octanol–water partition coefficient (Wildman–Crippen LogP) is 5.35. The van der Waals surface area contributed by atoms with E-state index in [1.165, 1.54) is 39.9 Å². The second-order valence-corrected chi connectivity index (χ2v) is 12.0. The highest BCUT2D eigenvalue weighted by Gasteiger charge is 2.35. The Balaban J connectivity index is 1.62. The molecule has 196 valence electrons. The summed E-state index contributed by atoms with van der Waals surface area (Å²) in [4.78, 5) is 26.6. The third-order valence-electron chi connectivity index (χ3n) is 6.49. The molecule has 0 unspecified atom stereocenters. The van der Waals surface area contributed by atoms with E-state index in [9.17, 15) is 27.7 Å². The summed E-state index contributed by atoms with van der Waals surface area (Å²) in [5.41, 5.74) is 0.523. The summed E-state index contributed by atoms with van der Waals surface area (Å²) in [5.74, 6) is -0.744. The number of non-ortho nitro benzene ring substituents is 1. The Morgan fingerprint density at radius 1 is 1.00 bits per heavy atom. The highest BCUT2D eigenvalue weighted by molar-refractivity contribution is 7.89. The molecule has 4 rings (SSSR count). The monoisotopic (exact) mass is 545 g/mol. The molecule has 0 saturated heterocycles. The van der Waals surface area contributed by atoms with Crippen molar-refractivity contribution in [1.82, 2.24) is 9.21 Å². The molecule has 3 aromatic rings. The number of halogens is 1. The number of thiophene rings is 1. The average molecular weight is 546 g/mol. The lowest BCUT2D eigenvalue weighted by Crippen LogP contribution is -2.47. The van der Waals surface area contributed by atoms with E-state index in [0.29, 0.717) is 19.4 Å². The number of rotatable bonds is 10. The van der Waals surface area contributed by atoms with Crippen molar-refractivity contribution >= 4 is 33.0 Å². The zero-order valence-electron chi connectivity index (χ0n) is 20.2. The number of carbonyl (C=O) groups is 1. The van der Waals surface area contributed by atoms with Gasteiger partial charge >= 0.3 is 0 Å². The fourth-order valence-electron chi connectivity index (χ4n) is 4.52. The summed E-state index contributed by atoms with van der Waals surface area (Å²) in [6.45, 7) is 0.146. The van der Waals surface area contributed by atoms with E-state index < -0.39 is 14.9 Å². The Morgan fingerprint density at radius 2 is 1.68 bits per heavy atom. The van der Waals surface area contributed by atoms with Crippen LogP contribution in [0.1, 0.15) is 42.5 Å². The second-order valence-electron chi connectivity index (χ2n) is 9.05. The Hall–Kier alpha value is -3.15. The molecule has 0 N–H and O–H groups in total. The minimum atomic E-state index is -4.10. The summed E-state index contributed by atoms with van der Waals surface area (Å²) in [7, 11) is -4.10. The zero-order chi connectivity index (χ0) is 26.4. The van der Waals surface area contributed by atoms with Gasteiger partial charge in [0.1, 0.15) is 5.82 Å². The van der Waals surface area contributed by atoms with Crippen LogP contribution >= 0.6 is 11.3 Å². The van der Waals surface area contributed by atoms with E-state index in [1.54, 1.807) is 17.0 Å². The molecule has 0 radical (unpaired) electrons. The first-order chi connectivity index (χ1) is 17.7. The van der Waals surface area contributed by atoms with Crippen LogP contribution in [-0.2, 0) is 27.9 Å². The van der Waals surface area contributed by atoms with Crippen LogP contribution in [0.4, 0.5) is 10.1 Å². The first-order valence-electron chi connectivity index (χ1n) is 12.0. The molecule has 1 fully saturated rings. The molecule has 0 aliphatic heterocycles. The number of amides is 1. The van der Waals surface area contributed by atoms with Gasteiger partial charge in [-0.05, 0) is 54.1 Å². The first kappa shape index (κ1) is 26.9. The molecule has 0 bridgehead atoms. The van der Waals surface area contributed by atoms with Gasteiger partial charge in [0, 0.05) is 29.6 Å². The van der Waals surface area contributed by atoms with Crippen LogP contribution in [0.5, 0.6) is 0 Å². The molecule has 11 heteroatoms. The highest BCUT2D eigenvalue weighted by atomic mass is 32.2. The standard InChI is InChI=1S/C26H28FN3O5S2/c27-21-10-8-20(9-11-21)17-28(18-24-7-4-16-36-24)26(31)19-29(22-5-2-1-3-6-22)37(34,35)25-14-12-23(13-15-25)30(32)33/h4,7-16,22H,1-3,5-6,17-19H2. The topological polar surface area (TPSA) is 101 Å². The van der Waals surface area contributed by atoms with Crippen LogP contribution in [0.2, 0.25) is 0 Å². The van der Waals surface area contributed by atoms with Gasteiger partial charge in [0.2, 0.25) is 15.9 Å². The molecule has 0 atom stereocenters. The van der Waals surface area contributed by atoms with E-state index in [0.717, 1.165) is 41.8 Å². The average Bonchev–Trinajstić information content (AvgIpc) is 3.41. The lowest BCUT2D eigenvalue weighted by atomic mass is 9.95. The molecule has 1 aromatic heterocycles. The fourth-order valence-corrected chi connectivity index (χ4v) is 6.87. The Morgan fingerprint density at radius 3 is 2.27 bits per heavy atom. The SMILES string of the molecule is O=C(CN(C1CCCCC1)S(=O)(=O)c1ccc([N+](=O)[O-])cc1)N(Cc1ccc(F)cc1)Cc1cccs1. The van der Waals surface area contributed by atoms with Crippen LogP contribution < -0.4 is 0 Å². The van der Waals surface area contributed by atoms with Crippen molar-refractivity contribution in [3.63, 3.8) is 0 Å². The van der Waals surface area contributed by atoms with E-state index in [4.69, 9.17) is 0 Å². The van der Waals surface area contributed by atoms with Gasteiger partial charge in [0.05, 0.1) is 22.9 Å². The summed E-state index contributed by atoms with van der Waals surface area (Å²) < 4.78 is 42.2. The summed E-state index contributed by atoms with van der Waals surface area (Å²) >= 11 is 1.49. The quantitative estimate of drug-likeness (QED) is 0.253. The summed E-state index contributed by atoms with van der Waals surface area (Å²) in [5, 5.41) is 12.9. The lowest BCUT2D eigenvalue weighted by molar-refractivity contribution is -0.384. The van der Waals surface area contributed by atoms with Crippen molar-refractivity contribution in [2.45, 2.75) is 56.1 Å². The van der Waals surface area contributed by atoms with Crippen LogP contribution in [0.3, 0.4) is 0 Å². The number of benzene rings is 2. The Kier molecular flexibility index (Phi) is 8.67. The number of carbonyl (C=O) groups excluding carboxylic acids is 1. The van der Waals surface area contributed by atoms with Crippen molar-refractivity contribution in [3.05, 3.63) is 92.4 Å². The number of sulfonamides is 1. The van der Waals surface area contributed by atoms with E-state index in [-0.39, 0.29) is 41.4 Å². The number of nitro groups is 1. The van der Waals surface area contributed by atoms with Gasteiger partial charge in [-0.2, -0.15) is 4.31 Å². The number of nitro benzene ring substituents is 1. The van der Waals surface area contributed by atoms with Crippen molar-refractivity contribution in [2.24, 2.45) is 0 Å². The van der Waals surface area contributed by atoms with Gasteiger partial charge in [-0.1, -0.05) is 37.5 Å². The van der Waals surface area contributed by atoms with Crippen molar-refractivity contribution < 1.29 is 22.5 Å². The van der Waals surface area contributed by atoms with Crippen LogP contribution in [-0.4, -0.2) is 41.0 Å². The third kappa shape index (κ3) is 6.79. The van der Waals surface area contributed by atoms with Gasteiger partial charge in [-0.3, -0.25) is 14.9 Å². The largest absolute Gasteiger partial charge is 0.332 e. The predicted molar refractivity (Wildman–Crippen MR) is 139 cm³/mol. The van der Waals surface area contributed by atoms with Gasteiger partial charge in [-0.15, -0.1) is 11.3 Å². The van der Waals surface area contributed by atoms with Crippen molar-refractivity contribution in [3.8, 4) is 0 Å². The molecule has 1 heterocycles. The van der Waals surface area contributed by atoms with E-state index in [1.807, 2.05) is 17.5 Å². The fraction of sp³-hybridized carbons (Fsp3) is 0.346. The van der Waals surface area contributed by atoms with Crippen molar-refractivity contribution in [2.75, 3.05) is 6.54 Å². The third-order valence-corrected chi connectivity index (χ3v) is 9.27. The maximum absolute atomic E-state index is 13.7. The molecule has 1 saturated carbocycles. The molecule has 1 aliphatic carbocycles. The molecular formula is C26H28FN3O5S2. The Labute approximate surface area is 219 Å². The number of nitrogens with zero attached hydrogens (tertiary/aromatic N) is 3. The van der Waals surface area contributed by atoms with E-state index in [2.05, 4.69) is 0 Å². The molecule has 2 aromatic carbocycles. The van der Waals surface area contributed by atoms with Gasteiger partial charge in [0.25, 0.3) is 5.69 Å². The summed E-state index contributed by atoms with van der Waals surface area (Å²) in [6.07, 6.45) is 4.01. The minimum Gasteiger partial charge on any atom is -0.332 e. The maximum atomic E-state index is 13.7. The minimum absolute atomic E-state index is 0.0835. The van der Waals surface area contributed by atoms with Gasteiger partial charge in [0.15, 0.2) is 0 Å². The van der Waals surface area contributed by atoms with Crippen LogP contribution in [0, 0.1) is 15.9 Å². The van der Waals surface area contributed by atoms with Crippen LogP contribution in [0.25, 0.3) is 0 Å². The van der Waals surface area contributed by atoms with Gasteiger partial charge < -0.3 is 4.90 Å². The molecule has 1 amide bonds. The Bertz CT molecular complexity index is 1310. The number of hydrogen-bond acceptors (Lipinski definition) is 6. The molecule has 0 spiro atoms. The number of hydrogen-bond donors (Lipinski definition) is 0. The van der Waals surface area contributed by atoms with Crippen molar-refractivity contribution in [1.29, 1.82) is 0 Å². The van der Waals surface area contributed by atoms with Gasteiger partial charge in [-0.25, -0.2) is 12.8 Å². The molecule has 37 heavy (non-hydrogen) atoms. The highest BCUT2D eigenvalue weighted by Crippen LogP contribution is 2.29. The normalized spacial score (nSPS) is 14.5. The second kappa shape index (κ2) is 11.9. The smallest absolute Gasteiger partial charge is 0.269 e. The summed E-state index contributed by atoms with van der Waals surface area (Å²) in [6, 6.07) is 14.1. The van der Waals surface area contributed by atoms with E-state index >= 15 is 0 Å². The molecule has 1 aliphatic rings. The lowest BCUT2D eigenvalue weighted by Gasteiger charge is -2.34. The maximum Gasteiger partial charge on any atom is 0.269 e. The molecule has 8 nitrogen and oxygen atoms in total. The molecular weight excluding hydrogens is 517 g/mol.